The Morgan fingerprint density at radius 2 is 1.90 bits per heavy atom. The molecule has 2 aromatic carbocycles. The molecule has 0 bridgehead atoms. The van der Waals surface area contributed by atoms with E-state index in [4.69, 9.17) is 21.1 Å². The van der Waals surface area contributed by atoms with E-state index in [1.807, 2.05) is 0 Å². The maximum atomic E-state index is 11.9. The lowest BCUT2D eigenvalue weighted by Gasteiger charge is -2.07. The molecule has 0 saturated carbocycles. The second-order valence-electron chi connectivity index (χ2n) is 4.09. The van der Waals surface area contributed by atoms with E-state index >= 15 is 0 Å². The van der Waals surface area contributed by atoms with Gasteiger partial charge in [-0.2, -0.15) is 0 Å². The van der Waals surface area contributed by atoms with Crippen LogP contribution in [-0.2, 0) is 11.3 Å². The zero-order valence-electron chi connectivity index (χ0n) is 10.8. The maximum Gasteiger partial charge on any atom is 0.338 e. The zero-order valence-corrected chi connectivity index (χ0v) is 11.6. The Balaban J connectivity index is 2.03. The van der Waals surface area contributed by atoms with E-state index in [2.05, 4.69) is 0 Å². The number of ether oxygens (including phenoxy) is 2. The molecule has 0 aliphatic rings. The highest BCUT2D eigenvalue weighted by Gasteiger charge is 2.11. The van der Waals surface area contributed by atoms with Gasteiger partial charge in [-0.15, -0.1) is 0 Å². The maximum absolute atomic E-state index is 11.9. The summed E-state index contributed by atoms with van der Waals surface area (Å²) in [6, 6.07) is 11.3. The van der Waals surface area contributed by atoms with Gasteiger partial charge in [-0.3, -0.25) is 0 Å². The van der Waals surface area contributed by atoms with Crippen molar-refractivity contribution in [1.29, 1.82) is 0 Å². The lowest BCUT2D eigenvalue weighted by Crippen LogP contribution is -2.05. The minimum absolute atomic E-state index is 0.0262. The smallest absolute Gasteiger partial charge is 0.338 e. The molecule has 4 nitrogen and oxygen atoms in total. The van der Waals surface area contributed by atoms with Gasteiger partial charge in [-0.05, 0) is 35.9 Å². The van der Waals surface area contributed by atoms with Crippen LogP contribution in [0.1, 0.15) is 15.9 Å². The molecule has 0 amide bonds. The summed E-state index contributed by atoms with van der Waals surface area (Å²) in [5.41, 5.74) is 1.15. The summed E-state index contributed by atoms with van der Waals surface area (Å²) in [5.74, 6) is -0.286. The normalized spacial score (nSPS) is 10.1. The molecule has 2 aromatic rings. The highest BCUT2D eigenvalue weighted by Crippen LogP contribution is 2.26. The van der Waals surface area contributed by atoms with Gasteiger partial charge in [0.05, 0.1) is 12.7 Å². The van der Waals surface area contributed by atoms with Crippen molar-refractivity contribution in [3.8, 4) is 11.5 Å². The van der Waals surface area contributed by atoms with Crippen molar-refractivity contribution in [2.75, 3.05) is 7.11 Å². The minimum atomic E-state index is -0.488. The number of phenols is 1. The van der Waals surface area contributed by atoms with Crippen molar-refractivity contribution < 1.29 is 19.4 Å². The predicted molar refractivity (Wildman–Crippen MR) is 75.2 cm³/mol. The van der Waals surface area contributed by atoms with Gasteiger partial charge in [0.2, 0.25) is 0 Å². The molecule has 0 heterocycles. The average Bonchev–Trinajstić information content (AvgIpc) is 2.47. The summed E-state index contributed by atoms with van der Waals surface area (Å²) < 4.78 is 10.1. The first-order chi connectivity index (χ1) is 9.60. The Kier molecular flexibility index (Phi) is 4.48. The van der Waals surface area contributed by atoms with E-state index in [0.29, 0.717) is 10.6 Å². The number of aromatic hydroxyl groups is 1. The van der Waals surface area contributed by atoms with E-state index in [-0.39, 0.29) is 18.1 Å². The highest BCUT2D eigenvalue weighted by molar-refractivity contribution is 6.30. The first-order valence-corrected chi connectivity index (χ1v) is 6.26. The molecule has 0 spiro atoms. The molecular weight excluding hydrogens is 280 g/mol. The molecule has 2 rings (SSSR count). The lowest BCUT2D eigenvalue weighted by atomic mass is 10.2. The predicted octanol–water partition coefficient (Wildman–Crippen LogP) is 3.41. The second kappa shape index (κ2) is 6.30. The first kappa shape index (κ1) is 14.2. The average molecular weight is 293 g/mol. The standard InChI is InChI=1S/C15H13ClO4/c1-19-14-8-11(4-7-13(14)17)15(18)20-9-10-2-5-12(16)6-3-10/h2-8,17H,9H2,1H3. The molecule has 0 saturated heterocycles. The van der Waals surface area contributed by atoms with Crippen LogP contribution in [0.2, 0.25) is 5.02 Å². The molecule has 20 heavy (non-hydrogen) atoms. The van der Waals surface area contributed by atoms with Gasteiger partial charge in [0.15, 0.2) is 11.5 Å². The van der Waals surface area contributed by atoms with Crippen molar-refractivity contribution in [3.05, 3.63) is 58.6 Å². The monoisotopic (exact) mass is 292 g/mol. The van der Waals surface area contributed by atoms with Crippen LogP contribution in [0.3, 0.4) is 0 Å². The number of halogens is 1. The molecule has 0 radical (unpaired) electrons. The molecule has 0 unspecified atom stereocenters. The third-order valence-corrected chi connectivity index (χ3v) is 2.95. The van der Waals surface area contributed by atoms with E-state index < -0.39 is 5.97 Å². The molecule has 5 heteroatoms. The Bertz CT molecular complexity index is 608. The first-order valence-electron chi connectivity index (χ1n) is 5.88. The topological polar surface area (TPSA) is 55.8 Å². The van der Waals surface area contributed by atoms with E-state index in [0.717, 1.165) is 5.56 Å². The van der Waals surface area contributed by atoms with Crippen molar-refractivity contribution in [3.63, 3.8) is 0 Å². The fourth-order valence-electron chi connectivity index (χ4n) is 1.62. The zero-order chi connectivity index (χ0) is 14.5. The molecule has 0 atom stereocenters. The number of phenolic OH excluding ortho intramolecular Hbond substituents is 1. The lowest BCUT2D eigenvalue weighted by molar-refractivity contribution is 0.0472. The Morgan fingerprint density at radius 1 is 1.20 bits per heavy atom. The fourth-order valence-corrected chi connectivity index (χ4v) is 1.74. The number of carbonyl (C=O) groups is 1. The van der Waals surface area contributed by atoms with Crippen LogP contribution in [-0.4, -0.2) is 18.2 Å². The van der Waals surface area contributed by atoms with Gasteiger partial charge in [0.25, 0.3) is 0 Å². The SMILES string of the molecule is COc1cc(C(=O)OCc2ccc(Cl)cc2)ccc1O. The van der Waals surface area contributed by atoms with Crippen LogP contribution < -0.4 is 4.74 Å². The molecule has 104 valence electrons. The number of methoxy groups -OCH3 is 1. The van der Waals surface area contributed by atoms with Crippen LogP contribution >= 0.6 is 11.6 Å². The molecular formula is C15H13ClO4. The number of rotatable bonds is 4. The molecule has 0 fully saturated rings. The Hall–Kier alpha value is -2.20. The summed E-state index contributed by atoms with van der Waals surface area (Å²) in [7, 11) is 1.41. The van der Waals surface area contributed by atoms with Crippen LogP contribution in [0.4, 0.5) is 0 Å². The molecule has 0 aliphatic heterocycles. The van der Waals surface area contributed by atoms with Crippen LogP contribution in [0.25, 0.3) is 0 Å². The summed E-state index contributed by atoms with van der Waals surface area (Å²) >= 11 is 5.77. The van der Waals surface area contributed by atoms with E-state index in [9.17, 15) is 9.90 Å². The number of hydrogen-bond acceptors (Lipinski definition) is 4. The van der Waals surface area contributed by atoms with Crippen LogP contribution in [0.5, 0.6) is 11.5 Å². The fraction of sp³-hybridized carbons (Fsp3) is 0.133. The van der Waals surface area contributed by atoms with Crippen LogP contribution in [0.15, 0.2) is 42.5 Å². The Labute approximate surface area is 121 Å². The van der Waals surface area contributed by atoms with Gasteiger partial charge in [0, 0.05) is 5.02 Å². The third-order valence-electron chi connectivity index (χ3n) is 2.70. The van der Waals surface area contributed by atoms with Crippen molar-refractivity contribution in [2.24, 2.45) is 0 Å². The summed E-state index contributed by atoms with van der Waals surface area (Å²) in [6.45, 7) is 0.152. The number of carbonyl (C=O) groups excluding carboxylic acids is 1. The Morgan fingerprint density at radius 3 is 2.55 bits per heavy atom. The number of esters is 1. The van der Waals surface area contributed by atoms with E-state index in [1.165, 1.54) is 25.3 Å². The minimum Gasteiger partial charge on any atom is -0.504 e. The quantitative estimate of drug-likeness (QED) is 0.877. The molecule has 0 aliphatic carbocycles. The van der Waals surface area contributed by atoms with Gasteiger partial charge in [-0.1, -0.05) is 23.7 Å². The highest BCUT2D eigenvalue weighted by atomic mass is 35.5. The summed E-state index contributed by atoms with van der Waals surface area (Å²) in [6.07, 6.45) is 0. The van der Waals surface area contributed by atoms with Gasteiger partial charge in [-0.25, -0.2) is 4.79 Å². The van der Waals surface area contributed by atoms with Crippen molar-refractivity contribution in [2.45, 2.75) is 6.61 Å². The van der Waals surface area contributed by atoms with Gasteiger partial charge in [0.1, 0.15) is 6.61 Å². The van der Waals surface area contributed by atoms with Crippen molar-refractivity contribution in [1.82, 2.24) is 0 Å². The second-order valence-corrected chi connectivity index (χ2v) is 4.53. The van der Waals surface area contributed by atoms with E-state index in [1.54, 1.807) is 24.3 Å². The number of benzene rings is 2. The number of hydrogen-bond donors (Lipinski definition) is 1. The van der Waals surface area contributed by atoms with Gasteiger partial charge >= 0.3 is 5.97 Å². The largest absolute Gasteiger partial charge is 0.504 e. The molecule has 0 aromatic heterocycles. The molecule has 1 N–H and O–H groups in total. The third kappa shape index (κ3) is 3.42. The van der Waals surface area contributed by atoms with Crippen molar-refractivity contribution >= 4 is 17.6 Å². The van der Waals surface area contributed by atoms with Crippen LogP contribution in [0, 0.1) is 0 Å². The van der Waals surface area contributed by atoms with Gasteiger partial charge < -0.3 is 14.6 Å². The summed E-state index contributed by atoms with van der Waals surface area (Å²) in [5, 5.41) is 10.1. The summed E-state index contributed by atoms with van der Waals surface area (Å²) in [4.78, 5) is 11.9.